The van der Waals surface area contributed by atoms with Crippen molar-refractivity contribution in [2.24, 2.45) is 5.41 Å². The molecule has 0 heterocycles. The summed E-state index contributed by atoms with van der Waals surface area (Å²) in [7, 11) is 2.96. The predicted molar refractivity (Wildman–Crippen MR) is 59.7 cm³/mol. The van der Waals surface area contributed by atoms with Crippen LogP contribution in [0.5, 0.6) is 0 Å². The van der Waals surface area contributed by atoms with Gasteiger partial charge in [0.1, 0.15) is 0 Å². The maximum atomic E-state index is 11.4. The van der Waals surface area contributed by atoms with E-state index < -0.39 is 0 Å². The second-order valence-corrected chi connectivity index (χ2v) is 4.55. The minimum Gasteiger partial charge on any atom is -0.469 e. The van der Waals surface area contributed by atoms with Crippen molar-refractivity contribution in [1.82, 2.24) is 0 Å². The molecule has 0 aliphatic heterocycles. The Morgan fingerprint density at radius 1 is 1.19 bits per heavy atom. The summed E-state index contributed by atoms with van der Waals surface area (Å²) in [5.41, 5.74) is 0.0733. The Morgan fingerprint density at radius 2 is 1.88 bits per heavy atom. The first-order valence-corrected chi connectivity index (χ1v) is 5.95. The molecular weight excluding hydrogens is 208 g/mol. The highest BCUT2D eigenvalue weighted by Gasteiger charge is 2.34. The molecule has 1 rings (SSSR count). The van der Waals surface area contributed by atoms with Crippen molar-refractivity contribution in [3.63, 3.8) is 0 Å². The number of carbonyl (C=O) groups is 1. The average molecular weight is 230 g/mol. The van der Waals surface area contributed by atoms with Crippen molar-refractivity contribution in [2.75, 3.05) is 20.8 Å². The number of carbonyl (C=O) groups excluding carboxylic acids is 1. The standard InChI is InChI=1S/C12H22O4/c1-14-11(13)10-12(8-9-16-15-2)6-4-3-5-7-12/h3-10H2,1-2H3. The maximum absolute atomic E-state index is 11.4. The summed E-state index contributed by atoms with van der Waals surface area (Å²) in [5, 5.41) is 0. The van der Waals surface area contributed by atoms with Gasteiger partial charge in [0.05, 0.1) is 27.2 Å². The fourth-order valence-corrected chi connectivity index (χ4v) is 2.54. The molecule has 0 atom stereocenters. The molecule has 0 radical (unpaired) electrons. The SMILES string of the molecule is COOCCC1(CC(=O)OC)CCCCC1. The summed E-state index contributed by atoms with van der Waals surface area (Å²) in [4.78, 5) is 20.9. The second-order valence-electron chi connectivity index (χ2n) is 4.55. The molecule has 94 valence electrons. The first kappa shape index (κ1) is 13.5. The molecule has 0 spiro atoms. The van der Waals surface area contributed by atoms with Crippen LogP contribution in [-0.2, 0) is 19.3 Å². The molecule has 1 fully saturated rings. The molecule has 0 amide bonds. The first-order valence-electron chi connectivity index (χ1n) is 5.95. The smallest absolute Gasteiger partial charge is 0.306 e. The molecule has 0 saturated heterocycles. The zero-order valence-corrected chi connectivity index (χ0v) is 10.3. The van der Waals surface area contributed by atoms with Gasteiger partial charge in [-0.15, -0.1) is 0 Å². The minimum atomic E-state index is -0.112. The van der Waals surface area contributed by atoms with Crippen molar-refractivity contribution in [3.8, 4) is 0 Å². The molecule has 1 aliphatic carbocycles. The third-order valence-electron chi connectivity index (χ3n) is 3.49. The predicted octanol–water partition coefficient (Wildman–Crippen LogP) is 2.47. The number of esters is 1. The molecule has 0 aromatic rings. The molecule has 16 heavy (non-hydrogen) atoms. The molecule has 0 bridgehead atoms. The van der Waals surface area contributed by atoms with Crippen LogP contribution in [-0.4, -0.2) is 26.8 Å². The first-order chi connectivity index (χ1) is 7.72. The van der Waals surface area contributed by atoms with Gasteiger partial charge in [0.15, 0.2) is 0 Å². The van der Waals surface area contributed by atoms with E-state index in [4.69, 9.17) is 9.62 Å². The van der Waals surface area contributed by atoms with E-state index in [1.54, 1.807) is 0 Å². The third-order valence-corrected chi connectivity index (χ3v) is 3.49. The van der Waals surface area contributed by atoms with E-state index in [-0.39, 0.29) is 11.4 Å². The van der Waals surface area contributed by atoms with Gasteiger partial charge in [-0.2, -0.15) is 0 Å². The van der Waals surface area contributed by atoms with E-state index in [2.05, 4.69) is 4.89 Å². The van der Waals surface area contributed by atoms with Gasteiger partial charge >= 0.3 is 5.97 Å². The Balaban J connectivity index is 2.49. The van der Waals surface area contributed by atoms with Gasteiger partial charge in [-0.05, 0) is 24.7 Å². The quantitative estimate of drug-likeness (QED) is 0.304. The lowest BCUT2D eigenvalue weighted by molar-refractivity contribution is -0.276. The van der Waals surface area contributed by atoms with Crippen LogP contribution in [0.25, 0.3) is 0 Å². The van der Waals surface area contributed by atoms with Gasteiger partial charge in [0, 0.05) is 0 Å². The fourth-order valence-electron chi connectivity index (χ4n) is 2.54. The van der Waals surface area contributed by atoms with Gasteiger partial charge < -0.3 is 4.74 Å². The Bertz CT molecular complexity index is 209. The number of hydrogen-bond donors (Lipinski definition) is 0. The van der Waals surface area contributed by atoms with Crippen molar-refractivity contribution in [1.29, 1.82) is 0 Å². The largest absolute Gasteiger partial charge is 0.469 e. The molecule has 1 aliphatic rings. The second kappa shape index (κ2) is 6.86. The average Bonchev–Trinajstić information content (AvgIpc) is 2.30. The summed E-state index contributed by atoms with van der Waals surface area (Å²) >= 11 is 0. The number of hydrogen-bond acceptors (Lipinski definition) is 4. The molecule has 4 nitrogen and oxygen atoms in total. The summed E-state index contributed by atoms with van der Waals surface area (Å²) in [6, 6.07) is 0. The molecule has 0 N–H and O–H groups in total. The number of rotatable bonds is 6. The van der Waals surface area contributed by atoms with Crippen molar-refractivity contribution >= 4 is 5.97 Å². The fraction of sp³-hybridized carbons (Fsp3) is 0.917. The summed E-state index contributed by atoms with van der Waals surface area (Å²) in [5.74, 6) is -0.112. The van der Waals surface area contributed by atoms with Gasteiger partial charge in [0.25, 0.3) is 0 Å². The van der Waals surface area contributed by atoms with E-state index >= 15 is 0 Å². The molecule has 4 heteroatoms. The Kier molecular flexibility index (Phi) is 5.77. The number of methoxy groups -OCH3 is 1. The number of ether oxygens (including phenoxy) is 1. The van der Waals surface area contributed by atoms with E-state index in [1.807, 2.05) is 0 Å². The summed E-state index contributed by atoms with van der Waals surface area (Å²) in [6.07, 6.45) is 7.23. The molecule has 0 aromatic heterocycles. The lowest BCUT2D eigenvalue weighted by Gasteiger charge is -2.36. The van der Waals surface area contributed by atoms with Crippen LogP contribution in [0.2, 0.25) is 0 Å². The van der Waals surface area contributed by atoms with Crippen LogP contribution in [0.1, 0.15) is 44.9 Å². The van der Waals surface area contributed by atoms with E-state index in [1.165, 1.54) is 33.5 Å². The Hall–Kier alpha value is -0.610. The highest BCUT2D eigenvalue weighted by atomic mass is 17.2. The van der Waals surface area contributed by atoms with Crippen LogP contribution in [0.4, 0.5) is 0 Å². The van der Waals surface area contributed by atoms with Crippen molar-refractivity contribution < 1.29 is 19.3 Å². The molecule has 0 unspecified atom stereocenters. The maximum Gasteiger partial charge on any atom is 0.306 e. The topological polar surface area (TPSA) is 44.8 Å². The normalized spacial score (nSPS) is 19.4. The summed E-state index contributed by atoms with van der Waals surface area (Å²) < 4.78 is 4.77. The van der Waals surface area contributed by atoms with Crippen LogP contribution in [0.3, 0.4) is 0 Å². The van der Waals surface area contributed by atoms with Gasteiger partial charge in [-0.1, -0.05) is 19.3 Å². The lowest BCUT2D eigenvalue weighted by atomic mass is 9.70. The Labute approximate surface area is 97.2 Å². The van der Waals surface area contributed by atoms with Crippen LogP contribution in [0.15, 0.2) is 0 Å². The monoisotopic (exact) mass is 230 g/mol. The molecule has 0 aromatic carbocycles. The highest BCUT2D eigenvalue weighted by molar-refractivity contribution is 5.70. The third kappa shape index (κ3) is 4.10. The van der Waals surface area contributed by atoms with Crippen molar-refractivity contribution in [2.45, 2.75) is 44.9 Å². The zero-order valence-electron chi connectivity index (χ0n) is 10.3. The van der Waals surface area contributed by atoms with E-state index in [0.717, 1.165) is 19.3 Å². The van der Waals surface area contributed by atoms with Crippen LogP contribution >= 0.6 is 0 Å². The van der Waals surface area contributed by atoms with E-state index in [0.29, 0.717) is 13.0 Å². The van der Waals surface area contributed by atoms with E-state index in [9.17, 15) is 4.79 Å². The minimum absolute atomic E-state index is 0.0733. The highest BCUT2D eigenvalue weighted by Crippen LogP contribution is 2.42. The van der Waals surface area contributed by atoms with Gasteiger partial charge in [-0.3, -0.25) is 4.79 Å². The lowest BCUT2D eigenvalue weighted by Crippen LogP contribution is -2.29. The molecule has 1 saturated carbocycles. The van der Waals surface area contributed by atoms with Gasteiger partial charge in [0.2, 0.25) is 0 Å². The zero-order chi connectivity index (χ0) is 11.9. The summed E-state index contributed by atoms with van der Waals surface area (Å²) in [6.45, 7) is 0.549. The van der Waals surface area contributed by atoms with Crippen LogP contribution in [0, 0.1) is 5.41 Å². The molecular formula is C12H22O4. The van der Waals surface area contributed by atoms with Gasteiger partial charge in [-0.25, -0.2) is 9.78 Å². The Morgan fingerprint density at radius 3 is 2.44 bits per heavy atom. The van der Waals surface area contributed by atoms with Crippen LogP contribution < -0.4 is 0 Å². The van der Waals surface area contributed by atoms with Crippen molar-refractivity contribution in [3.05, 3.63) is 0 Å².